The fourth-order valence-electron chi connectivity index (χ4n) is 3.15. The van der Waals surface area contributed by atoms with E-state index in [4.69, 9.17) is 9.47 Å². The van der Waals surface area contributed by atoms with Crippen LogP contribution in [0.2, 0.25) is 0 Å². The van der Waals surface area contributed by atoms with Crippen LogP contribution in [0.15, 0.2) is 42.5 Å². The first-order valence-electron chi connectivity index (χ1n) is 8.54. The van der Waals surface area contributed by atoms with Gasteiger partial charge in [0.25, 0.3) is 0 Å². The first-order valence-corrected chi connectivity index (χ1v) is 8.54. The van der Waals surface area contributed by atoms with Gasteiger partial charge in [-0.3, -0.25) is 4.79 Å². The summed E-state index contributed by atoms with van der Waals surface area (Å²) in [7, 11) is 0. The molecule has 3 aromatic rings. The molecule has 0 bridgehead atoms. The molecule has 1 aromatic heterocycles. The number of rotatable bonds is 4. The van der Waals surface area contributed by atoms with E-state index in [9.17, 15) is 18.0 Å². The van der Waals surface area contributed by atoms with Crippen LogP contribution in [0.5, 0.6) is 11.5 Å². The van der Waals surface area contributed by atoms with Gasteiger partial charge in [0.05, 0.1) is 17.1 Å². The summed E-state index contributed by atoms with van der Waals surface area (Å²) in [6.07, 6.45) is -4.66. The number of amides is 1. The Kier molecular flexibility index (Phi) is 4.37. The van der Waals surface area contributed by atoms with Gasteiger partial charge in [0, 0.05) is 0 Å². The van der Waals surface area contributed by atoms with Crippen LogP contribution in [0.1, 0.15) is 24.4 Å². The van der Waals surface area contributed by atoms with Crippen LogP contribution in [0.3, 0.4) is 0 Å². The zero-order chi connectivity index (χ0) is 19.9. The number of nitrogens with zero attached hydrogens (tertiary/aromatic N) is 2. The van der Waals surface area contributed by atoms with Gasteiger partial charge in [0.2, 0.25) is 18.5 Å². The Labute approximate surface area is 157 Å². The van der Waals surface area contributed by atoms with Crippen molar-refractivity contribution < 1.29 is 27.4 Å². The van der Waals surface area contributed by atoms with Gasteiger partial charge in [-0.1, -0.05) is 18.2 Å². The molecule has 146 valence electrons. The van der Waals surface area contributed by atoms with Gasteiger partial charge in [-0.05, 0) is 36.8 Å². The van der Waals surface area contributed by atoms with Crippen molar-refractivity contribution in [2.24, 2.45) is 0 Å². The molecule has 1 aliphatic rings. The van der Waals surface area contributed by atoms with Crippen molar-refractivity contribution in [3.05, 3.63) is 53.9 Å². The molecular formula is C19H16F3N3O3. The lowest BCUT2D eigenvalue weighted by atomic mass is 10.1. The molecule has 0 saturated carbocycles. The summed E-state index contributed by atoms with van der Waals surface area (Å²) in [6.45, 7) is 1.38. The molecule has 0 spiro atoms. The summed E-state index contributed by atoms with van der Waals surface area (Å²) < 4.78 is 51.5. The number of carbonyl (C=O) groups is 1. The van der Waals surface area contributed by atoms with Crippen molar-refractivity contribution >= 4 is 16.9 Å². The molecule has 1 aliphatic heterocycles. The van der Waals surface area contributed by atoms with E-state index in [1.54, 1.807) is 37.3 Å². The van der Waals surface area contributed by atoms with Crippen LogP contribution in [0, 0.1) is 0 Å². The minimum Gasteiger partial charge on any atom is -0.454 e. The van der Waals surface area contributed by atoms with E-state index in [-0.39, 0.29) is 17.8 Å². The molecule has 1 amide bonds. The third-order valence-electron chi connectivity index (χ3n) is 4.48. The number of benzene rings is 2. The molecule has 1 N–H and O–H groups in total. The Morgan fingerprint density at radius 2 is 1.96 bits per heavy atom. The van der Waals surface area contributed by atoms with Gasteiger partial charge < -0.3 is 19.4 Å². The monoisotopic (exact) mass is 391 g/mol. The zero-order valence-electron chi connectivity index (χ0n) is 14.8. The number of ether oxygens (including phenoxy) is 2. The predicted molar refractivity (Wildman–Crippen MR) is 93.9 cm³/mol. The van der Waals surface area contributed by atoms with Crippen LogP contribution < -0.4 is 14.8 Å². The highest BCUT2D eigenvalue weighted by atomic mass is 19.4. The minimum atomic E-state index is -4.66. The number of hydrogen-bond acceptors (Lipinski definition) is 4. The zero-order valence-corrected chi connectivity index (χ0v) is 14.8. The summed E-state index contributed by atoms with van der Waals surface area (Å²) in [4.78, 5) is 16.1. The van der Waals surface area contributed by atoms with E-state index in [0.717, 1.165) is 10.1 Å². The number of alkyl halides is 3. The molecular weight excluding hydrogens is 375 g/mol. The van der Waals surface area contributed by atoms with Crippen LogP contribution in [-0.4, -0.2) is 22.3 Å². The van der Waals surface area contributed by atoms with Crippen LogP contribution in [-0.2, 0) is 17.5 Å². The minimum absolute atomic E-state index is 0.132. The summed E-state index contributed by atoms with van der Waals surface area (Å²) in [5.74, 6) is -0.473. The number of carbonyl (C=O) groups excluding carboxylic acids is 1. The number of para-hydroxylation sites is 2. The van der Waals surface area contributed by atoms with E-state index in [0.29, 0.717) is 11.5 Å². The van der Waals surface area contributed by atoms with Crippen molar-refractivity contribution in [2.45, 2.75) is 25.7 Å². The Hall–Kier alpha value is -3.23. The Balaban J connectivity index is 1.55. The molecule has 2 heterocycles. The van der Waals surface area contributed by atoms with Gasteiger partial charge in [-0.25, -0.2) is 4.98 Å². The van der Waals surface area contributed by atoms with E-state index in [1.165, 1.54) is 12.1 Å². The lowest BCUT2D eigenvalue weighted by Gasteiger charge is -2.16. The van der Waals surface area contributed by atoms with Gasteiger partial charge in [-0.2, -0.15) is 13.2 Å². The van der Waals surface area contributed by atoms with Crippen LogP contribution in [0.25, 0.3) is 11.0 Å². The lowest BCUT2D eigenvalue weighted by molar-refractivity contribution is -0.147. The van der Waals surface area contributed by atoms with Gasteiger partial charge in [0.15, 0.2) is 11.5 Å². The second-order valence-electron chi connectivity index (χ2n) is 6.41. The second-order valence-corrected chi connectivity index (χ2v) is 6.41. The number of hydrogen-bond donors (Lipinski definition) is 1. The number of imidazole rings is 1. The summed E-state index contributed by atoms with van der Waals surface area (Å²) in [5.41, 5.74) is 1.19. The first kappa shape index (κ1) is 18.1. The Morgan fingerprint density at radius 1 is 1.21 bits per heavy atom. The molecule has 0 radical (unpaired) electrons. The van der Waals surface area contributed by atoms with Crippen molar-refractivity contribution in [3.63, 3.8) is 0 Å². The number of fused-ring (bicyclic) bond motifs is 2. The molecule has 1 unspecified atom stereocenters. The summed E-state index contributed by atoms with van der Waals surface area (Å²) in [6, 6.07) is 11.0. The fourth-order valence-corrected chi connectivity index (χ4v) is 3.15. The molecule has 28 heavy (non-hydrogen) atoms. The quantitative estimate of drug-likeness (QED) is 0.737. The van der Waals surface area contributed by atoms with Crippen molar-refractivity contribution in [1.29, 1.82) is 0 Å². The second kappa shape index (κ2) is 6.74. The van der Waals surface area contributed by atoms with Crippen molar-refractivity contribution in [1.82, 2.24) is 14.9 Å². The van der Waals surface area contributed by atoms with Crippen LogP contribution >= 0.6 is 0 Å². The average molecular weight is 391 g/mol. The first-order chi connectivity index (χ1) is 13.3. The smallest absolute Gasteiger partial charge is 0.449 e. The molecule has 1 atom stereocenters. The average Bonchev–Trinajstić information content (AvgIpc) is 3.25. The van der Waals surface area contributed by atoms with Gasteiger partial charge in [0.1, 0.15) is 6.54 Å². The molecule has 2 aromatic carbocycles. The highest BCUT2D eigenvalue weighted by molar-refractivity contribution is 5.81. The highest BCUT2D eigenvalue weighted by Crippen LogP contribution is 2.34. The predicted octanol–water partition coefficient (Wildman–Crippen LogP) is 3.66. The van der Waals surface area contributed by atoms with Crippen molar-refractivity contribution in [3.8, 4) is 11.5 Å². The SMILES string of the molecule is CC(NC(=O)Cn1c(C(F)(F)F)nc2ccccc21)c1ccc2c(c1)OCO2. The van der Waals surface area contributed by atoms with E-state index >= 15 is 0 Å². The maximum atomic E-state index is 13.4. The number of aromatic nitrogens is 2. The van der Waals surface area contributed by atoms with Gasteiger partial charge in [-0.15, -0.1) is 0 Å². The van der Waals surface area contributed by atoms with E-state index in [1.807, 2.05) is 0 Å². The number of halogens is 3. The summed E-state index contributed by atoms with van der Waals surface area (Å²) in [5, 5.41) is 2.72. The summed E-state index contributed by atoms with van der Waals surface area (Å²) >= 11 is 0. The third kappa shape index (κ3) is 3.35. The Bertz CT molecular complexity index is 1050. The maximum Gasteiger partial charge on any atom is 0.449 e. The molecule has 0 saturated heterocycles. The van der Waals surface area contributed by atoms with Crippen LogP contribution in [0.4, 0.5) is 13.2 Å². The largest absolute Gasteiger partial charge is 0.454 e. The third-order valence-corrected chi connectivity index (χ3v) is 4.48. The van der Waals surface area contributed by atoms with Gasteiger partial charge >= 0.3 is 6.18 Å². The standard InChI is InChI=1S/C19H16F3N3O3/c1-11(12-6-7-15-16(8-12)28-10-27-15)23-17(26)9-25-14-5-3-2-4-13(14)24-18(25)19(20,21)22/h2-8,11H,9-10H2,1H3,(H,23,26). The number of nitrogens with one attached hydrogen (secondary N) is 1. The topological polar surface area (TPSA) is 65.4 Å². The molecule has 0 aliphatic carbocycles. The highest BCUT2D eigenvalue weighted by Gasteiger charge is 2.38. The van der Waals surface area contributed by atoms with E-state index < -0.39 is 30.5 Å². The van der Waals surface area contributed by atoms with Crippen molar-refractivity contribution in [2.75, 3.05) is 6.79 Å². The Morgan fingerprint density at radius 3 is 2.75 bits per heavy atom. The van der Waals surface area contributed by atoms with E-state index in [2.05, 4.69) is 10.3 Å². The normalized spacial score (nSPS) is 14.3. The fraction of sp³-hybridized carbons (Fsp3) is 0.263. The maximum absolute atomic E-state index is 13.4. The molecule has 4 rings (SSSR count). The molecule has 9 heteroatoms. The molecule has 6 nitrogen and oxygen atoms in total. The molecule has 0 fully saturated rings. The lowest BCUT2D eigenvalue weighted by Crippen LogP contribution is -2.31.